The van der Waals surface area contributed by atoms with Crippen molar-refractivity contribution in [2.75, 3.05) is 13.1 Å². The molecule has 2 heteroatoms. The van der Waals surface area contributed by atoms with Crippen molar-refractivity contribution >= 4 is 5.78 Å². The second-order valence-electron chi connectivity index (χ2n) is 5.43. The number of carbonyl (C=O) groups is 1. The minimum Gasteiger partial charge on any atom is -0.317 e. The van der Waals surface area contributed by atoms with E-state index >= 15 is 0 Å². The number of hydrogen-bond acceptors (Lipinski definition) is 2. The molecule has 0 saturated carbocycles. The Kier molecular flexibility index (Phi) is 4.94. The summed E-state index contributed by atoms with van der Waals surface area (Å²) in [5, 5.41) is 3.36. The minimum atomic E-state index is 0.386. The Morgan fingerprint density at radius 1 is 1.22 bits per heavy atom. The van der Waals surface area contributed by atoms with Gasteiger partial charge in [-0.15, -0.1) is 0 Å². The van der Waals surface area contributed by atoms with Gasteiger partial charge in [0.05, 0.1) is 0 Å². The summed E-state index contributed by atoms with van der Waals surface area (Å²) in [6.45, 7) is 4.32. The number of aryl methyl sites for hydroxylation is 1. The summed E-state index contributed by atoms with van der Waals surface area (Å²) < 4.78 is 0. The Morgan fingerprint density at radius 2 is 1.89 bits per heavy atom. The summed E-state index contributed by atoms with van der Waals surface area (Å²) in [5.74, 6) is 1.14. The molecule has 1 heterocycles. The van der Waals surface area contributed by atoms with Gasteiger partial charge in [0, 0.05) is 12.8 Å². The predicted molar refractivity (Wildman–Crippen MR) is 74.7 cm³/mol. The first kappa shape index (κ1) is 13.3. The predicted octanol–water partition coefficient (Wildman–Crippen LogP) is 2.89. The highest BCUT2D eigenvalue weighted by Crippen LogP contribution is 2.18. The number of carbonyl (C=O) groups excluding carboxylic acids is 1. The van der Waals surface area contributed by atoms with Crippen LogP contribution in [-0.4, -0.2) is 18.9 Å². The fourth-order valence-electron chi connectivity index (χ4n) is 2.56. The lowest BCUT2D eigenvalue weighted by Crippen LogP contribution is -2.28. The zero-order valence-electron chi connectivity index (χ0n) is 11.2. The first-order valence-electron chi connectivity index (χ1n) is 7.02. The third-order valence-corrected chi connectivity index (χ3v) is 3.81. The first-order chi connectivity index (χ1) is 8.74. The molecule has 0 aliphatic carbocycles. The molecular formula is C16H23NO. The van der Waals surface area contributed by atoms with Crippen molar-refractivity contribution in [3.05, 3.63) is 35.4 Å². The van der Waals surface area contributed by atoms with Crippen LogP contribution in [0.5, 0.6) is 0 Å². The van der Waals surface area contributed by atoms with Crippen LogP contribution >= 0.6 is 0 Å². The van der Waals surface area contributed by atoms with Gasteiger partial charge in [-0.25, -0.2) is 0 Å². The molecule has 1 aromatic rings. The molecule has 0 radical (unpaired) electrons. The van der Waals surface area contributed by atoms with Crippen molar-refractivity contribution in [1.82, 2.24) is 5.32 Å². The number of hydrogen-bond donors (Lipinski definition) is 1. The standard InChI is InChI=1S/C16H23NO/c1-13-2-4-15(5-3-13)12-16(18)7-6-14-8-10-17-11-9-14/h2-5,14,17H,6-12H2,1H3. The van der Waals surface area contributed by atoms with Crippen molar-refractivity contribution < 1.29 is 4.79 Å². The third-order valence-electron chi connectivity index (χ3n) is 3.81. The van der Waals surface area contributed by atoms with E-state index in [2.05, 4.69) is 36.5 Å². The van der Waals surface area contributed by atoms with Crippen LogP contribution in [0.25, 0.3) is 0 Å². The molecule has 98 valence electrons. The van der Waals surface area contributed by atoms with E-state index in [0.717, 1.165) is 37.4 Å². The van der Waals surface area contributed by atoms with Gasteiger partial charge in [-0.2, -0.15) is 0 Å². The molecule has 18 heavy (non-hydrogen) atoms. The highest BCUT2D eigenvalue weighted by Gasteiger charge is 2.14. The van der Waals surface area contributed by atoms with Crippen molar-refractivity contribution in [3.63, 3.8) is 0 Å². The molecule has 0 aromatic heterocycles. The van der Waals surface area contributed by atoms with Crippen LogP contribution in [0.1, 0.15) is 36.8 Å². The van der Waals surface area contributed by atoms with E-state index in [-0.39, 0.29) is 0 Å². The maximum Gasteiger partial charge on any atom is 0.137 e. The monoisotopic (exact) mass is 245 g/mol. The molecule has 1 aliphatic rings. The number of piperidine rings is 1. The molecule has 0 amide bonds. The van der Waals surface area contributed by atoms with Crippen LogP contribution < -0.4 is 5.32 Å². The molecule has 0 atom stereocenters. The van der Waals surface area contributed by atoms with Crippen molar-refractivity contribution in [1.29, 1.82) is 0 Å². The van der Waals surface area contributed by atoms with E-state index in [1.807, 2.05) is 0 Å². The highest BCUT2D eigenvalue weighted by atomic mass is 16.1. The number of ketones is 1. The lowest BCUT2D eigenvalue weighted by molar-refractivity contribution is -0.118. The van der Waals surface area contributed by atoms with Gasteiger partial charge in [-0.05, 0) is 50.8 Å². The lowest BCUT2D eigenvalue weighted by atomic mass is 9.91. The molecule has 0 spiro atoms. The van der Waals surface area contributed by atoms with Crippen LogP contribution in [0.4, 0.5) is 0 Å². The summed E-state index contributed by atoms with van der Waals surface area (Å²) in [6, 6.07) is 8.29. The van der Waals surface area contributed by atoms with Gasteiger partial charge >= 0.3 is 0 Å². The second-order valence-corrected chi connectivity index (χ2v) is 5.43. The van der Waals surface area contributed by atoms with Crippen molar-refractivity contribution in [3.8, 4) is 0 Å². The molecule has 1 N–H and O–H groups in total. The molecular weight excluding hydrogens is 222 g/mol. The van der Waals surface area contributed by atoms with Gasteiger partial charge in [-0.3, -0.25) is 4.79 Å². The van der Waals surface area contributed by atoms with Crippen LogP contribution in [0.15, 0.2) is 24.3 Å². The average Bonchev–Trinajstić information content (AvgIpc) is 2.40. The zero-order valence-corrected chi connectivity index (χ0v) is 11.2. The normalized spacial score (nSPS) is 16.7. The number of benzene rings is 1. The molecule has 1 aliphatic heterocycles. The Balaban J connectivity index is 1.73. The molecule has 0 bridgehead atoms. The van der Waals surface area contributed by atoms with Gasteiger partial charge in [0.2, 0.25) is 0 Å². The average molecular weight is 245 g/mol. The molecule has 0 unspecified atom stereocenters. The summed E-state index contributed by atoms with van der Waals surface area (Å²) >= 11 is 0. The van der Waals surface area contributed by atoms with Gasteiger partial charge in [-0.1, -0.05) is 29.8 Å². The first-order valence-corrected chi connectivity index (χ1v) is 7.02. The van der Waals surface area contributed by atoms with E-state index in [1.54, 1.807) is 0 Å². The highest BCUT2D eigenvalue weighted by molar-refractivity contribution is 5.80. The van der Waals surface area contributed by atoms with E-state index in [0.29, 0.717) is 12.2 Å². The van der Waals surface area contributed by atoms with Crippen LogP contribution in [0.3, 0.4) is 0 Å². The van der Waals surface area contributed by atoms with Crippen molar-refractivity contribution in [2.45, 2.75) is 39.0 Å². The minimum absolute atomic E-state index is 0.386. The summed E-state index contributed by atoms with van der Waals surface area (Å²) in [5.41, 5.74) is 2.40. The van der Waals surface area contributed by atoms with Crippen molar-refractivity contribution in [2.24, 2.45) is 5.92 Å². The Hall–Kier alpha value is -1.15. The summed E-state index contributed by atoms with van der Waals surface area (Å²) in [4.78, 5) is 11.9. The summed E-state index contributed by atoms with van der Waals surface area (Å²) in [7, 11) is 0. The number of Topliss-reactive ketones (excluding diaryl/α,β-unsaturated/α-hetero) is 1. The lowest BCUT2D eigenvalue weighted by Gasteiger charge is -2.22. The van der Waals surface area contributed by atoms with E-state index in [4.69, 9.17) is 0 Å². The second kappa shape index (κ2) is 6.69. The van der Waals surface area contributed by atoms with Crippen LogP contribution in [0, 0.1) is 12.8 Å². The Labute approximate surface area is 110 Å². The fourth-order valence-corrected chi connectivity index (χ4v) is 2.56. The Bertz CT molecular complexity index is 377. The molecule has 2 rings (SSSR count). The van der Waals surface area contributed by atoms with Crippen LogP contribution in [-0.2, 0) is 11.2 Å². The van der Waals surface area contributed by atoms with Gasteiger partial charge < -0.3 is 5.32 Å². The van der Waals surface area contributed by atoms with E-state index in [1.165, 1.54) is 18.4 Å². The number of rotatable bonds is 5. The van der Waals surface area contributed by atoms with E-state index in [9.17, 15) is 4.79 Å². The van der Waals surface area contributed by atoms with E-state index < -0.39 is 0 Å². The topological polar surface area (TPSA) is 29.1 Å². The maximum absolute atomic E-state index is 11.9. The molecule has 1 aromatic carbocycles. The largest absolute Gasteiger partial charge is 0.317 e. The Morgan fingerprint density at radius 3 is 2.56 bits per heavy atom. The summed E-state index contributed by atoms with van der Waals surface area (Å²) in [6.07, 6.45) is 4.89. The van der Waals surface area contributed by atoms with Gasteiger partial charge in [0.15, 0.2) is 0 Å². The SMILES string of the molecule is Cc1ccc(CC(=O)CCC2CCNCC2)cc1. The van der Waals surface area contributed by atoms with Crippen LogP contribution in [0.2, 0.25) is 0 Å². The maximum atomic E-state index is 11.9. The zero-order chi connectivity index (χ0) is 12.8. The van der Waals surface area contributed by atoms with Gasteiger partial charge in [0.1, 0.15) is 5.78 Å². The molecule has 2 nitrogen and oxygen atoms in total. The molecule has 1 fully saturated rings. The third kappa shape index (κ3) is 4.26. The smallest absolute Gasteiger partial charge is 0.137 e. The molecule has 1 saturated heterocycles. The fraction of sp³-hybridized carbons (Fsp3) is 0.562. The number of nitrogens with one attached hydrogen (secondary N) is 1. The van der Waals surface area contributed by atoms with Gasteiger partial charge in [0.25, 0.3) is 0 Å². The quantitative estimate of drug-likeness (QED) is 0.864.